The van der Waals surface area contributed by atoms with Gasteiger partial charge in [0.2, 0.25) is 23.5 Å². The molecule has 0 aliphatic heterocycles. The number of benzene rings is 2. The fourth-order valence-corrected chi connectivity index (χ4v) is 5.02. The molecule has 0 spiro atoms. The Bertz CT molecular complexity index is 1880. The first-order chi connectivity index (χ1) is 26.2. The standard InChI is InChI=1S/C35H42ClN11O8/c1-18(27(48)35-43-23(15-38)17-55-35)42-30(50)24(5-3-4-14-37)44-34(54)28(40)47-33(53)26(32(52)41-2)46-31(51)25(16-39)45-29(49)21-8-6-19(7-9-21)20-10-12-22(36)13-11-20/h6-13,17-18,24-26,28,32,52H,2-5,14,16,37,39-40H2,1H3,(H,42,50)(H,44,54)(H,45,49)(H,46,51)(H,47,53). The van der Waals surface area contributed by atoms with Gasteiger partial charge in [-0.2, -0.15) is 10.2 Å². The van der Waals surface area contributed by atoms with Crippen molar-refractivity contribution in [2.24, 2.45) is 22.2 Å². The third kappa shape index (κ3) is 12.5. The van der Waals surface area contributed by atoms with Gasteiger partial charge < -0.3 is 53.3 Å². The summed E-state index contributed by atoms with van der Waals surface area (Å²) in [5, 5.41) is 31.6. The zero-order valence-corrected chi connectivity index (χ0v) is 30.4. The van der Waals surface area contributed by atoms with E-state index in [9.17, 15) is 33.9 Å². The zero-order valence-electron chi connectivity index (χ0n) is 29.7. The highest BCUT2D eigenvalue weighted by Crippen LogP contribution is 2.22. The van der Waals surface area contributed by atoms with E-state index in [1.807, 2.05) is 12.1 Å². The summed E-state index contributed by atoms with van der Waals surface area (Å²) in [7, 11) is 0. The summed E-state index contributed by atoms with van der Waals surface area (Å²) < 4.78 is 4.98. The Morgan fingerprint density at radius 2 is 1.51 bits per heavy atom. The highest BCUT2D eigenvalue weighted by Gasteiger charge is 2.34. The summed E-state index contributed by atoms with van der Waals surface area (Å²) in [5.41, 5.74) is 19.0. The largest absolute Gasteiger partial charge is 0.441 e. The van der Waals surface area contributed by atoms with Crippen molar-refractivity contribution in [2.75, 3.05) is 13.1 Å². The average Bonchev–Trinajstić information content (AvgIpc) is 3.67. The number of unbranched alkanes of at least 4 members (excludes halogenated alkanes) is 1. The number of aliphatic imine (C=N–C) groups is 1. The quantitative estimate of drug-likeness (QED) is 0.0283. The van der Waals surface area contributed by atoms with Gasteiger partial charge in [-0.3, -0.25) is 33.8 Å². The maximum absolute atomic E-state index is 13.2. The molecule has 0 saturated carbocycles. The number of nitrogens with two attached hydrogens (primary N) is 3. The van der Waals surface area contributed by atoms with E-state index in [-0.39, 0.29) is 24.2 Å². The van der Waals surface area contributed by atoms with E-state index in [4.69, 9.17) is 38.5 Å². The van der Waals surface area contributed by atoms with Crippen LogP contribution in [0.5, 0.6) is 0 Å². The van der Waals surface area contributed by atoms with Crippen LogP contribution in [0.1, 0.15) is 52.9 Å². The summed E-state index contributed by atoms with van der Waals surface area (Å²) in [6, 6.07) is 9.59. The number of carbonyl (C=O) groups is 6. The number of aliphatic hydroxyl groups excluding tert-OH is 1. The molecule has 2 aromatic carbocycles. The minimum absolute atomic E-state index is 0.0599. The lowest BCUT2D eigenvalue weighted by Crippen LogP contribution is -2.63. The molecule has 0 radical (unpaired) electrons. The summed E-state index contributed by atoms with van der Waals surface area (Å²) >= 11 is 5.95. The molecule has 3 aromatic rings. The monoisotopic (exact) mass is 779 g/mol. The molecule has 3 rings (SSSR count). The number of nitrogens with zero attached hydrogens (tertiary/aromatic N) is 3. The molecule has 5 amide bonds. The highest BCUT2D eigenvalue weighted by atomic mass is 35.5. The molecular weight excluding hydrogens is 738 g/mol. The molecule has 55 heavy (non-hydrogen) atoms. The molecule has 20 heteroatoms. The zero-order chi connectivity index (χ0) is 40.7. The van der Waals surface area contributed by atoms with Gasteiger partial charge in [0.05, 0.1) is 6.04 Å². The second kappa shape index (κ2) is 21.0. The fourth-order valence-electron chi connectivity index (χ4n) is 4.90. The predicted molar refractivity (Wildman–Crippen MR) is 199 cm³/mol. The van der Waals surface area contributed by atoms with Gasteiger partial charge in [0.1, 0.15) is 24.4 Å². The average molecular weight is 780 g/mol. The van der Waals surface area contributed by atoms with E-state index in [1.165, 1.54) is 19.1 Å². The molecule has 12 N–H and O–H groups in total. The summed E-state index contributed by atoms with van der Waals surface area (Å²) in [6.07, 6.45) is -1.86. The lowest BCUT2D eigenvalue weighted by atomic mass is 10.0. The SMILES string of the molecule is C=NC(O)C(NC(=O)C(CN)NC(=O)c1ccc(-c2ccc(Cl)cc2)cc1)C(=O)NC(N)C(=O)NC(CCCCN)C(=O)NC(C)C(=O)c1nc(C#N)co1. The van der Waals surface area contributed by atoms with Crippen LogP contribution in [-0.2, 0) is 19.2 Å². The molecule has 19 nitrogen and oxygen atoms in total. The smallest absolute Gasteiger partial charge is 0.266 e. The number of hydrogen-bond donors (Lipinski definition) is 9. The van der Waals surface area contributed by atoms with E-state index in [2.05, 4.69) is 43.3 Å². The predicted octanol–water partition coefficient (Wildman–Crippen LogP) is -1.17. The van der Waals surface area contributed by atoms with E-state index >= 15 is 0 Å². The van der Waals surface area contributed by atoms with Crippen molar-refractivity contribution in [1.82, 2.24) is 31.6 Å². The van der Waals surface area contributed by atoms with Gasteiger partial charge in [0.15, 0.2) is 24.1 Å². The lowest BCUT2D eigenvalue weighted by Gasteiger charge is -2.26. The minimum Gasteiger partial charge on any atom is -0.441 e. The molecule has 1 heterocycles. The van der Waals surface area contributed by atoms with Crippen LogP contribution >= 0.6 is 11.6 Å². The number of nitrogens with one attached hydrogen (secondary N) is 5. The summed E-state index contributed by atoms with van der Waals surface area (Å²) in [5.74, 6) is -5.81. The molecule has 0 aliphatic rings. The first kappa shape index (κ1) is 43.4. The van der Waals surface area contributed by atoms with Gasteiger partial charge in [-0.05, 0) is 74.8 Å². The van der Waals surface area contributed by atoms with Crippen molar-refractivity contribution < 1.29 is 38.3 Å². The van der Waals surface area contributed by atoms with Gasteiger partial charge in [-0.1, -0.05) is 35.9 Å². The van der Waals surface area contributed by atoms with E-state index in [0.717, 1.165) is 17.4 Å². The molecule has 6 unspecified atom stereocenters. The van der Waals surface area contributed by atoms with Gasteiger partial charge in [0, 0.05) is 17.1 Å². The van der Waals surface area contributed by atoms with Crippen LogP contribution in [0.15, 0.2) is 64.2 Å². The topological polar surface area (TPSA) is 323 Å². The Balaban J connectivity index is 1.63. The molecule has 0 saturated heterocycles. The number of carbonyl (C=O) groups excluding carboxylic acids is 6. The van der Waals surface area contributed by atoms with Crippen molar-refractivity contribution in [2.45, 2.75) is 62.7 Å². The van der Waals surface area contributed by atoms with Crippen LogP contribution < -0.4 is 43.8 Å². The van der Waals surface area contributed by atoms with E-state index < -0.39 is 84.3 Å². The number of amides is 5. The number of Topliss-reactive ketones (excluding diaryl/α,β-unsaturated/α-hetero) is 1. The Labute approximate surface area is 320 Å². The maximum atomic E-state index is 13.2. The van der Waals surface area contributed by atoms with E-state index in [0.29, 0.717) is 17.9 Å². The van der Waals surface area contributed by atoms with Crippen LogP contribution in [0.25, 0.3) is 11.1 Å². The normalized spacial score (nSPS) is 14.1. The van der Waals surface area contributed by atoms with Crippen LogP contribution in [0.4, 0.5) is 0 Å². The Kier molecular flexibility index (Phi) is 16.6. The number of aromatic nitrogens is 1. The van der Waals surface area contributed by atoms with Crippen molar-refractivity contribution >= 4 is 53.6 Å². The fraction of sp³-hybridized carbons (Fsp3) is 0.343. The van der Waals surface area contributed by atoms with Gasteiger partial charge in [0.25, 0.3) is 17.7 Å². The molecule has 0 bridgehead atoms. The highest BCUT2D eigenvalue weighted by molar-refractivity contribution is 6.30. The third-order valence-electron chi connectivity index (χ3n) is 7.99. The Hall–Kier alpha value is -6.04. The first-order valence-corrected chi connectivity index (χ1v) is 17.2. The molecule has 6 atom stereocenters. The molecular formula is C35H42ClN11O8. The number of rotatable bonds is 20. The van der Waals surface area contributed by atoms with Gasteiger partial charge in [-0.25, -0.2) is 0 Å². The Morgan fingerprint density at radius 3 is 2.07 bits per heavy atom. The number of nitriles is 1. The van der Waals surface area contributed by atoms with Crippen LogP contribution in [-0.4, -0.2) is 102 Å². The van der Waals surface area contributed by atoms with E-state index in [1.54, 1.807) is 30.3 Å². The van der Waals surface area contributed by atoms with Crippen molar-refractivity contribution in [3.8, 4) is 17.2 Å². The maximum Gasteiger partial charge on any atom is 0.266 e. The third-order valence-corrected chi connectivity index (χ3v) is 8.24. The molecule has 1 aromatic heterocycles. The van der Waals surface area contributed by atoms with Gasteiger partial charge >= 0.3 is 0 Å². The molecule has 0 fully saturated rings. The molecule has 292 valence electrons. The number of aliphatic hydroxyl groups is 1. The molecule has 0 aliphatic carbocycles. The van der Waals surface area contributed by atoms with Crippen LogP contribution in [0, 0.1) is 11.3 Å². The van der Waals surface area contributed by atoms with Crippen molar-refractivity contribution in [1.29, 1.82) is 5.26 Å². The Morgan fingerprint density at radius 1 is 0.891 bits per heavy atom. The van der Waals surface area contributed by atoms with Crippen molar-refractivity contribution in [3.63, 3.8) is 0 Å². The van der Waals surface area contributed by atoms with Crippen LogP contribution in [0.3, 0.4) is 0 Å². The summed E-state index contributed by atoms with van der Waals surface area (Å²) in [4.78, 5) is 85.3. The van der Waals surface area contributed by atoms with Gasteiger partial charge in [-0.15, -0.1) is 0 Å². The second-order valence-electron chi connectivity index (χ2n) is 12.0. The van der Waals surface area contributed by atoms with Crippen molar-refractivity contribution in [3.05, 3.63) is 77.0 Å². The number of oxazole rings is 1. The first-order valence-electron chi connectivity index (χ1n) is 16.8. The number of hydrogen-bond acceptors (Lipinski definition) is 14. The minimum atomic E-state index is -1.93. The second-order valence-corrected chi connectivity index (χ2v) is 12.4. The van der Waals surface area contributed by atoms with Crippen LogP contribution in [0.2, 0.25) is 5.02 Å². The summed E-state index contributed by atoms with van der Waals surface area (Å²) in [6.45, 7) is 4.40. The number of halogens is 1. The number of ketones is 1. The lowest BCUT2D eigenvalue weighted by molar-refractivity contribution is -0.135.